The largest absolute Gasteiger partial charge is 0.471 e. The number of carbonyl (C=O) groups excluding carboxylic acids is 2. The number of ether oxygens (including phenoxy) is 1. The summed E-state index contributed by atoms with van der Waals surface area (Å²) < 4.78 is 58.1. The first-order valence-corrected chi connectivity index (χ1v) is 10.5. The summed E-state index contributed by atoms with van der Waals surface area (Å²) in [4.78, 5) is 28.1. The first kappa shape index (κ1) is 23.7. The lowest BCUT2D eigenvalue weighted by atomic mass is 9.86. The van der Waals surface area contributed by atoms with Gasteiger partial charge in [-0.1, -0.05) is 34.1 Å². The molecule has 0 bridgehead atoms. The number of carbonyl (C=O) groups is 2. The lowest BCUT2D eigenvalue weighted by Crippen LogP contribution is -2.44. The summed E-state index contributed by atoms with van der Waals surface area (Å²) >= 11 is 3.29. The van der Waals surface area contributed by atoms with Crippen LogP contribution in [0, 0.1) is 5.82 Å². The van der Waals surface area contributed by atoms with Crippen molar-refractivity contribution in [3.63, 3.8) is 0 Å². The number of hydrogen-bond acceptors (Lipinski definition) is 4. The Hall–Kier alpha value is -2.95. The number of halogens is 5. The summed E-state index contributed by atoms with van der Waals surface area (Å²) in [5.74, 6) is -3.40. The molecule has 11 heteroatoms. The Morgan fingerprint density at radius 3 is 2.50 bits per heavy atom. The molecule has 0 spiro atoms. The van der Waals surface area contributed by atoms with Crippen LogP contribution in [0.25, 0.3) is 0 Å². The molecule has 0 saturated heterocycles. The number of hydrogen-bond donors (Lipinski definition) is 2. The minimum Gasteiger partial charge on any atom is -0.461 e. The van der Waals surface area contributed by atoms with Gasteiger partial charge >= 0.3 is 12.1 Å². The number of alkyl halides is 4. The zero-order valence-electron chi connectivity index (χ0n) is 16.7. The molecule has 2 N–H and O–H groups in total. The molecule has 1 aliphatic heterocycles. The molecule has 6 nitrogen and oxygen atoms in total. The fraction of sp³-hybridized carbons (Fsp3) is 0.286. The maximum atomic E-state index is 14.7. The van der Waals surface area contributed by atoms with E-state index in [0.717, 1.165) is 18.2 Å². The van der Waals surface area contributed by atoms with Crippen molar-refractivity contribution in [2.24, 2.45) is 4.99 Å². The van der Waals surface area contributed by atoms with Gasteiger partial charge in [0, 0.05) is 28.6 Å². The molecular weight excluding hydrogens is 498 g/mol. The summed E-state index contributed by atoms with van der Waals surface area (Å²) in [6.07, 6.45) is -5.45. The molecule has 1 heterocycles. The lowest BCUT2D eigenvalue weighted by molar-refractivity contribution is -0.167. The molecule has 1 unspecified atom stereocenters. The van der Waals surface area contributed by atoms with Crippen molar-refractivity contribution in [2.45, 2.75) is 31.2 Å². The summed E-state index contributed by atoms with van der Waals surface area (Å²) in [6.45, 7) is 1.56. The summed E-state index contributed by atoms with van der Waals surface area (Å²) in [7, 11) is 0. The van der Waals surface area contributed by atoms with Gasteiger partial charge in [0.25, 0.3) is 11.9 Å². The van der Waals surface area contributed by atoms with Crippen molar-refractivity contribution in [1.82, 2.24) is 5.32 Å². The number of nitrogens with zero attached hydrogens (tertiary/aromatic N) is 1. The van der Waals surface area contributed by atoms with Crippen LogP contribution in [0.1, 0.15) is 29.3 Å². The fourth-order valence-electron chi connectivity index (χ4n) is 3.23. The van der Waals surface area contributed by atoms with Crippen LogP contribution in [0.5, 0.6) is 0 Å². The average molecular weight is 516 g/mol. The van der Waals surface area contributed by atoms with Crippen molar-refractivity contribution in [3.05, 3.63) is 65.5 Å². The van der Waals surface area contributed by atoms with E-state index in [1.165, 1.54) is 0 Å². The number of aliphatic imine (C=N–C) groups is 1. The molecule has 2 atom stereocenters. The number of amides is 2. The van der Waals surface area contributed by atoms with E-state index in [4.69, 9.17) is 4.74 Å². The Bertz CT molecular complexity index is 1050. The topological polar surface area (TPSA) is 79.8 Å². The molecule has 0 aliphatic carbocycles. The van der Waals surface area contributed by atoms with E-state index in [1.54, 1.807) is 42.6 Å². The highest BCUT2D eigenvalue weighted by Gasteiger charge is 2.40. The average Bonchev–Trinajstić information content (AvgIpc) is 2.74. The fourth-order valence-corrected chi connectivity index (χ4v) is 3.59. The number of rotatable bonds is 4. The second-order valence-corrected chi connectivity index (χ2v) is 7.90. The van der Waals surface area contributed by atoms with E-state index in [-0.39, 0.29) is 23.7 Å². The van der Waals surface area contributed by atoms with Gasteiger partial charge in [0.1, 0.15) is 11.9 Å². The highest BCUT2D eigenvalue weighted by atomic mass is 79.9. The molecule has 0 aromatic heterocycles. The van der Waals surface area contributed by atoms with Crippen LogP contribution in [0.4, 0.5) is 23.2 Å². The lowest BCUT2D eigenvalue weighted by Gasteiger charge is -2.35. The molecule has 2 aromatic rings. The molecule has 0 fully saturated rings. The Morgan fingerprint density at radius 2 is 1.88 bits per heavy atom. The molecule has 0 radical (unpaired) electrons. The zero-order valence-corrected chi connectivity index (χ0v) is 18.3. The Balaban J connectivity index is 1.93. The van der Waals surface area contributed by atoms with Crippen molar-refractivity contribution >= 4 is 39.5 Å². The standard InChI is InChI=1S/C21H18BrF4N3O3/c1-20(15-9-13(7-8-16(15)23)27-18(31)21(24,25)26)10-14(11-22)32-19(29-20)28-17(30)12-5-3-2-4-6-12/h2-9,14H,10-11H2,1H3,(H,27,31)(H,28,29,30)/t14?,20-/m0/s1. The first-order valence-electron chi connectivity index (χ1n) is 9.39. The van der Waals surface area contributed by atoms with E-state index in [0.29, 0.717) is 10.9 Å². The Morgan fingerprint density at radius 1 is 1.19 bits per heavy atom. The predicted octanol–water partition coefficient (Wildman–Crippen LogP) is 4.51. The van der Waals surface area contributed by atoms with Crippen LogP contribution < -0.4 is 10.6 Å². The number of benzene rings is 2. The molecular formula is C21H18BrF4N3O3. The van der Waals surface area contributed by atoms with Crippen LogP contribution in [0.2, 0.25) is 0 Å². The van der Waals surface area contributed by atoms with Gasteiger partial charge in [-0.25, -0.2) is 9.38 Å². The molecule has 1 aliphatic rings. The Labute approximate surface area is 189 Å². The minimum atomic E-state index is -5.09. The Kier molecular flexibility index (Phi) is 6.87. The van der Waals surface area contributed by atoms with Crippen LogP contribution in [0.15, 0.2) is 53.5 Å². The molecule has 3 rings (SSSR count). The van der Waals surface area contributed by atoms with E-state index in [9.17, 15) is 27.2 Å². The van der Waals surface area contributed by atoms with Crippen LogP contribution in [-0.2, 0) is 15.1 Å². The maximum Gasteiger partial charge on any atom is 0.471 e. The van der Waals surface area contributed by atoms with Gasteiger partial charge in [-0.15, -0.1) is 0 Å². The maximum absolute atomic E-state index is 14.7. The monoisotopic (exact) mass is 515 g/mol. The van der Waals surface area contributed by atoms with Gasteiger partial charge in [-0.05, 0) is 37.3 Å². The third kappa shape index (κ3) is 5.45. The van der Waals surface area contributed by atoms with Crippen molar-refractivity contribution in [2.75, 3.05) is 10.6 Å². The predicted molar refractivity (Wildman–Crippen MR) is 113 cm³/mol. The smallest absolute Gasteiger partial charge is 0.461 e. The van der Waals surface area contributed by atoms with Gasteiger partial charge < -0.3 is 10.1 Å². The van der Waals surface area contributed by atoms with E-state index in [1.807, 2.05) is 0 Å². The van der Waals surface area contributed by atoms with Crippen molar-refractivity contribution < 1.29 is 31.9 Å². The van der Waals surface area contributed by atoms with Gasteiger partial charge in [-0.2, -0.15) is 13.2 Å². The molecule has 32 heavy (non-hydrogen) atoms. The highest BCUT2D eigenvalue weighted by molar-refractivity contribution is 9.09. The van der Waals surface area contributed by atoms with Gasteiger partial charge in [0.15, 0.2) is 0 Å². The van der Waals surface area contributed by atoms with E-state index < -0.39 is 35.5 Å². The third-order valence-electron chi connectivity index (χ3n) is 4.74. The van der Waals surface area contributed by atoms with Gasteiger partial charge in [0.05, 0.1) is 5.54 Å². The zero-order chi connectivity index (χ0) is 23.5. The quantitative estimate of drug-likeness (QED) is 0.464. The summed E-state index contributed by atoms with van der Waals surface area (Å²) in [6, 6.07) is 11.2. The summed E-state index contributed by atoms with van der Waals surface area (Å²) in [5.41, 5.74) is -1.24. The van der Waals surface area contributed by atoms with E-state index >= 15 is 0 Å². The molecule has 2 aromatic carbocycles. The number of anilines is 1. The highest BCUT2D eigenvalue weighted by Crippen LogP contribution is 2.38. The number of amidine groups is 1. The van der Waals surface area contributed by atoms with Gasteiger partial charge in [0.2, 0.25) is 0 Å². The van der Waals surface area contributed by atoms with E-state index in [2.05, 4.69) is 26.2 Å². The normalized spacial score (nSPS) is 20.7. The minimum absolute atomic E-state index is 0.0572. The second kappa shape index (κ2) is 9.27. The number of nitrogens with one attached hydrogen (secondary N) is 2. The molecule has 170 valence electrons. The molecule has 0 saturated carbocycles. The van der Waals surface area contributed by atoms with Crippen LogP contribution in [-0.4, -0.2) is 35.4 Å². The van der Waals surface area contributed by atoms with Crippen molar-refractivity contribution in [1.29, 1.82) is 0 Å². The third-order valence-corrected chi connectivity index (χ3v) is 5.46. The summed E-state index contributed by atoms with van der Waals surface area (Å²) in [5, 5.41) is 4.57. The second-order valence-electron chi connectivity index (χ2n) is 7.26. The van der Waals surface area contributed by atoms with Crippen LogP contribution >= 0.6 is 15.9 Å². The molecule has 2 amide bonds. The SMILES string of the molecule is C[C@@]1(c2cc(NC(=O)C(F)(F)F)ccc2F)CC(CBr)OC(NC(=O)c2ccccc2)=N1. The van der Waals surface area contributed by atoms with Crippen molar-refractivity contribution in [3.8, 4) is 0 Å². The van der Waals surface area contributed by atoms with Gasteiger partial charge in [-0.3, -0.25) is 14.9 Å². The first-order chi connectivity index (χ1) is 15.0. The van der Waals surface area contributed by atoms with Crippen LogP contribution in [0.3, 0.4) is 0 Å².